The first-order valence-corrected chi connectivity index (χ1v) is 5.42. The first kappa shape index (κ1) is 12.0. The second-order valence-corrected chi connectivity index (χ2v) is 3.95. The highest BCUT2D eigenvalue weighted by Gasteiger charge is 2.17. The van der Waals surface area contributed by atoms with Crippen LogP contribution in [0.2, 0.25) is 0 Å². The molecule has 0 aliphatic heterocycles. The fraction of sp³-hybridized carbons (Fsp3) is 0.273. The molecule has 0 aliphatic rings. The molecule has 1 N–H and O–H groups in total. The number of hydrogen-bond acceptors (Lipinski definition) is 5. The summed E-state index contributed by atoms with van der Waals surface area (Å²) in [6.45, 7) is 1.91. The molecule has 0 aliphatic carbocycles. The van der Waals surface area contributed by atoms with E-state index < -0.39 is 4.92 Å². The molecule has 18 heavy (non-hydrogen) atoms. The van der Waals surface area contributed by atoms with Gasteiger partial charge in [-0.15, -0.1) is 0 Å². The topological polar surface area (TPSA) is 85.9 Å². The van der Waals surface area contributed by atoms with E-state index in [4.69, 9.17) is 0 Å². The Morgan fingerprint density at radius 2 is 2.33 bits per heavy atom. The number of nitro groups is 1. The zero-order chi connectivity index (χ0) is 13.1. The smallest absolute Gasteiger partial charge is 0.372 e. The summed E-state index contributed by atoms with van der Waals surface area (Å²) in [6.07, 6.45) is 4.98. The molecule has 1 atom stereocenters. The summed E-state index contributed by atoms with van der Waals surface area (Å²) < 4.78 is 1.69. The maximum absolute atomic E-state index is 10.8. The summed E-state index contributed by atoms with van der Waals surface area (Å²) in [4.78, 5) is 14.1. The Labute approximate surface area is 104 Å². The van der Waals surface area contributed by atoms with Crippen LogP contribution in [0.15, 0.2) is 30.7 Å². The van der Waals surface area contributed by atoms with Crippen molar-refractivity contribution in [2.75, 3.05) is 5.32 Å². The van der Waals surface area contributed by atoms with E-state index in [0.717, 1.165) is 5.56 Å². The third kappa shape index (κ3) is 2.45. The normalized spacial score (nSPS) is 12.1. The zero-order valence-corrected chi connectivity index (χ0v) is 10.1. The van der Waals surface area contributed by atoms with Gasteiger partial charge in [-0.2, -0.15) is 5.10 Å². The SMILES string of the molecule is CC(Nc1cccnc1[N+](=O)[O-])c1cnn(C)c1. The lowest BCUT2D eigenvalue weighted by Crippen LogP contribution is -2.08. The van der Waals surface area contributed by atoms with Gasteiger partial charge < -0.3 is 15.4 Å². The highest BCUT2D eigenvalue weighted by molar-refractivity contribution is 5.57. The van der Waals surface area contributed by atoms with Gasteiger partial charge >= 0.3 is 5.82 Å². The number of aromatic nitrogens is 3. The fourth-order valence-corrected chi connectivity index (χ4v) is 1.64. The Bertz CT molecular complexity index is 566. The monoisotopic (exact) mass is 247 g/mol. The Hall–Kier alpha value is -2.44. The van der Waals surface area contributed by atoms with Crippen molar-refractivity contribution in [3.63, 3.8) is 0 Å². The molecule has 0 radical (unpaired) electrons. The lowest BCUT2D eigenvalue weighted by molar-refractivity contribution is -0.388. The minimum atomic E-state index is -0.502. The molecule has 0 saturated carbocycles. The standard InChI is InChI=1S/C11H13N5O2/c1-8(9-6-13-15(2)7-9)14-10-4-3-5-12-11(10)16(17)18/h3-8,14H,1-2H3. The Morgan fingerprint density at radius 3 is 2.94 bits per heavy atom. The summed E-state index contributed by atoms with van der Waals surface area (Å²) in [5.41, 5.74) is 1.36. The number of nitrogens with zero attached hydrogens (tertiary/aromatic N) is 4. The van der Waals surface area contributed by atoms with Crippen molar-refractivity contribution in [1.82, 2.24) is 14.8 Å². The summed E-state index contributed by atoms with van der Waals surface area (Å²) in [5, 5.41) is 18.0. The molecule has 94 valence electrons. The number of pyridine rings is 1. The van der Waals surface area contributed by atoms with Crippen LogP contribution >= 0.6 is 0 Å². The molecular weight excluding hydrogens is 234 g/mol. The third-order valence-electron chi connectivity index (χ3n) is 2.56. The molecule has 7 nitrogen and oxygen atoms in total. The van der Waals surface area contributed by atoms with E-state index in [1.165, 1.54) is 6.20 Å². The van der Waals surface area contributed by atoms with Crippen molar-refractivity contribution in [1.29, 1.82) is 0 Å². The molecule has 2 aromatic heterocycles. The van der Waals surface area contributed by atoms with Gasteiger partial charge in [-0.05, 0) is 29.0 Å². The maximum Gasteiger partial charge on any atom is 0.386 e. The third-order valence-corrected chi connectivity index (χ3v) is 2.56. The summed E-state index contributed by atoms with van der Waals surface area (Å²) in [7, 11) is 1.82. The van der Waals surface area contributed by atoms with E-state index >= 15 is 0 Å². The van der Waals surface area contributed by atoms with Crippen molar-refractivity contribution in [2.24, 2.45) is 7.05 Å². The number of aryl methyl sites for hydroxylation is 1. The Balaban J connectivity index is 2.21. The van der Waals surface area contributed by atoms with E-state index in [0.29, 0.717) is 5.69 Å². The quantitative estimate of drug-likeness (QED) is 0.658. The van der Waals surface area contributed by atoms with E-state index in [9.17, 15) is 10.1 Å². The van der Waals surface area contributed by atoms with Crippen LogP contribution in [0.25, 0.3) is 0 Å². The van der Waals surface area contributed by atoms with Gasteiger partial charge in [0, 0.05) is 18.8 Å². The molecule has 2 aromatic rings. The fourth-order valence-electron chi connectivity index (χ4n) is 1.64. The van der Waals surface area contributed by atoms with Gasteiger partial charge in [-0.1, -0.05) is 0 Å². The largest absolute Gasteiger partial charge is 0.386 e. The van der Waals surface area contributed by atoms with Crippen LogP contribution in [0.1, 0.15) is 18.5 Å². The lowest BCUT2D eigenvalue weighted by Gasteiger charge is -2.12. The summed E-state index contributed by atoms with van der Waals surface area (Å²) >= 11 is 0. The van der Waals surface area contributed by atoms with Gasteiger partial charge in [0.25, 0.3) is 0 Å². The van der Waals surface area contributed by atoms with Crippen molar-refractivity contribution >= 4 is 11.5 Å². The van der Waals surface area contributed by atoms with E-state index in [1.807, 2.05) is 20.2 Å². The highest BCUT2D eigenvalue weighted by atomic mass is 16.6. The molecule has 0 aromatic carbocycles. The van der Waals surface area contributed by atoms with Crippen molar-refractivity contribution in [3.05, 3.63) is 46.4 Å². The predicted octanol–water partition coefficient (Wildman–Crippen LogP) is 1.90. The minimum absolute atomic E-state index is 0.0819. The number of anilines is 1. The van der Waals surface area contributed by atoms with Crippen molar-refractivity contribution < 1.29 is 4.92 Å². The number of hydrogen-bond donors (Lipinski definition) is 1. The molecule has 2 heterocycles. The van der Waals surface area contributed by atoms with Crippen molar-refractivity contribution in [3.8, 4) is 0 Å². The molecule has 2 rings (SSSR count). The van der Waals surface area contributed by atoms with Crippen LogP contribution in [0.3, 0.4) is 0 Å². The van der Waals surface area contributed by atoms with E-state index in [2.05, 4.69) is 15.4 Å². The Morgan fingerprint density at radius 1 is 1.56 bits per heavy atom. The van der Waals surface area contributed by atoms with Crippen molar-refractivity contribution in [2.45, 2.75) is 13.0 Å². The van der Waals surface area contributed by atoms with Gasteiger partial charge in [0.2, 0.25) is 0 Å². The first-order chi connectivity index (χ1) is 8.58. The van der Waals surface area contributed by atoms with Gasteiger partial charge in [-0.3, -0.25) is 4.68 Å². The summed E-state index contributed by atoms with van der Waals surface area (Å²) in [6, 6.07) is 3.21. The summed E-state index contributed by atoms with van der Waals surface area (Å²) in [5.74, 6) is -0.173. The second kappa shape index (κ2) is 4.82. The van der Waals surface area contributed by atoms with Crippen LogP contribution in [-0.4, -0.2) is 19.7 Å². The average molecular weight is 247 g/mol. The van der Waals surface area contributed by atoms with Gasteiger partial charge in [0.1, 0.15) is 11.9 Å². The molecule has 0 spiro atoms. The van der Waals surface area contributed by atoms with Crippen LogP contribution in [0, 0.1) is 10.1 Å². The highest BCUT2D eigenvalue weighted by Crippen LogP contribution is 2.25. The molecular formula is C11H13N5O2. The van der Waals surface area contributed by atoms with Crippen LogP contribution in [0.5, 0.6) is 0 Å². The second-order valence-electron chi connectivity index (χ2n) is 3.95. The van der Waals surface area contributed by atoms with Gasteiger partial charge in [0.15, 0.2) is 0 Å². The lowest BCUT2D eigenvalue weighted by atomic mass is 10.2. The first-order valence-electron chi connectivity index (χ1n) is 5.42. The van der Waals surface area contributed by atoms with E-state index in [-0.39, 0.29) is 11.9 Å². The van der Waals surface area contributed by atoms with E-state index in [1.54, 1.807) is 23.0 Å². The molecule has 0 amide bonds. The molecule has 1 unspecified atom stereocenters. The molecule has 0 fully saturated rings. The minimum Gasteiger partial charge on any atom is -0.372 e. The molecule has 0 saturated heterocycles. The van der Waals surface area contributed by atoms with Gasteiger partial charge in [-0.25, -0.2) is 0 Å². The average Bonchev–Trinajstić information content (AvgIpc) is 2.76. The Kier molecular flexibility index (Phi) is 3.22. The molecule has 0 bridgehead atoms. The number of rotatable bonds is 4. The van der Waals surface area contributed by atoms with Gasteiger partial charge in [0.05, 0.1) is 12.2 Å². The molecule has 7 heteroatoms. The maximum atomic E-state index is 10.8. The van der Waals surface area contributed by atoms with Crippen LogP contribution in [-0.2, 0) is 7.05 Å². The number of nitrogens with one attached hydrogen (secondary N) is 1. The zero-order valence-electron chi connectivity index (χ0n) is 10.1. The predicted molar refractivity (Wildman–Crippen MR) is 66.1 cm³/mol. The van der Waals surface area contributed by atoms with Crippen LogP contribution < -0.4 is 5.32 Å². The van der Waals surface area contributed by atoms with Crippen LogP contribution in [0.4, 0.5) is 11.5 Å².